The van der Waals surface area contributed by atoms with Crippen molar-refractivity contribution in [3.63, 3.8) is 0 Å². The van der Waals surface area contributed by atoms with Crippen LogP contribution in [-0.4, -0.2) is 39.2 Å². The summed E-state index contributed by atoms with van der Waals surface area (Å²) in [7, 11) is -1.37. The Balaban J connectivity index is 2.47. The molecule has 5 heteroatoms. The smallest absolute Gasteiger partial charge is 0.314 e. The summed E-state index contributed by atoms with van der Waals surface area (Å²) in [6.45, 7) is 14.4. The number of carbonyl (C=O) groups is 1. The molecule has 0 saturated carbocycles. The van der Waals surface area contributed by atoms with Crippen molar-refractivity contribution in [1.82, 2.24) is 0 Å². The Hall–Kier alpha value is -2.21. The van der Waals surface area contributed by atoms with Crippen molar-refractivity contribution in [2.45, 2.75) is 52.2 Å². The van der Waals surface area contributed by atoms with Crippen LogP contribution in [0, 0.1) is 11.3 Å². The highest BCUT2D eigenvalue weighted by molar-refractivity contribution is 6.99. The Morgan fingerprint density at radius 1 is 1.03 bits per heavy atom. The van der Waals surface area contributed by atoms with Crippen LogP contribution in [0.2, 0.25) is 5.04 Å². The SMILES string of the molecule is C=CC[C@](C)(C(=O)OC)[C@@H](O)[C@@H](C)CO[Si](c1ccccc1)(c1ccccc1)C(C)(C)C. The minimum atomic E-state index is -2.72. The van der Waals surface area contributed by atoms with E-state index in [0.29, 0.717) is 13.0 Å². The number of rotatable bonds is 10. The Labute approximate surface area is 194 Å². The number of allylic oxidation sites excluding steroid dienone is 1. The van der Waals surface area contributed by atoms with Crippen LogP contribution in [0.4, 0.5) is 0 Å². The van der Waals surface area contributed by atoms with E-state index in [0.717, 1.165) is 0 Å². The van der Waals surface area contributed by atoms with E-state index in [1.165, 1.54) is 17.5 Å². The summed E-state index contributed by atoms with van der Waals surface area (Å²) in [5, 5.41) is 13.4. The molecule has 174 valence electrons. The van der Waals surface area contributed by atoms with Gasteiger partial charge in [0, 0.05) is 12.5 Å². The van der Waals surface area contributed by atoms with Crippen LogP contribution in [-0.2, 0) is 14.0 Å². The van der Waals surface area contributed by atoms with Crippen LogP contribution < -0.4 is 10.4 Å². The first-order chi connectivity index (χ1) is 15.0. The van der Waals surface area contributed by atoms with Crippen molar-refractivity contribution in [3.05, 3.63) is 73.3 Å². The fourth-order valence-electron chi connectivity index (χ4n) is 4.59. The monoisotopic (exact) mass is 454 g/mol. The van der Waals surface area contributed by atoms with Crippen LogP contribution in [0.15, 0.2) is 73.3 Å². The molecule has 3 atom stereocenters. The first kappa shape index (κ1) is 26.0. The van der Waals surface area contributed by atoms with Crippen molar-refractivity contribution >= 4 is 24.7 Å². The number of hydrogen-bond donors (Lipinski definition) is 1. The van der Waals surface area contributed by atoms with Gasteiger partial charge in [-0.15, -0.1) is 6.58 Å². The van der Waals surface area contributed by atoms with Crippen molar-refractivity contribution in [2.75, 3.05) is 13.7 Å². The topological polar surface area (TPSA) is 55.8 Å². The molecule has 4 nitrogen and oxygen atoms in total. The van der Waals surface area contributed by atoms with Crippen LogP contribution >= 0.6 is 0 Å². The second kappa shape index (κ2) is 10.6. The minimum Gasteiger partial charge on any atom is -0.469 e. The Morgan fingerprint density at radius 2 is 1.50 bits per heavy atom. The van der Waals surface area contributed by atoms with Gasteiger partial charge in [0.15, 0.2) is 0 Å². The third kappa shape index (κ3) is 5.06. The standard InChI is InChI=1S/C27H38O4Si/c1-8-19-27(6,25(29)30-7)24(28)21(2)20-31-32(26(3,4)5,22-15-11-9-12-16-22)23-17-13-10-14-18-23/h8-18,21,24,28H,1,19-20H2,2-7H3/t21-,24-,27-/m0/s1. The molecule has 0 radical (unpaired) electrons. The molecule has 0 spiro atoms. The lowest BCUT2D eigenvalue weighted by atomic mass is 9.76. The second-order valence-corrected chi connectivity index (χ2v) is 14.1. The van der Waals surface area contributed by atoms with E-state index in [9.17, 15) is 9.90 Å². The molecule has 0 heterocycles. The van der Waals surface area contributed by atoms with E-state index in [4.69, 9.17) is 9.16 Å². The molecule has 1 N–H and O–H groups in total. The zero-order valence-electron chi connectivity index (χ0n) is 20.3. The number of carbonyl (C=O) groups excluding carboxylic acids is 1. The van der Waals surface area contributed by atoms with Crippen molar-refractivity contribution in [3.8, 4) is 0 Å². The maximum absolute atomic E-state index is 12.5. The molecule has 0 amide bonds. The Bertz CT molecular complexity index is 836. The summed E-state index contributed by atoms with van der Waals surface area (Å²) in [4.78, 5) is 12.5. The van der Waals surface area contributed by atoms with Crippen molar-refractivity contribution in [2.24, 2.45) is 11.3 Å². The van der Waals surface area contributed by atoms with Crippen LogP contribution in [0.25, 0.3) is 0 Å². The average molecular weight is 455 g/mol. The average Bonchev–Trinajstić information content (AvgIpc) is 2.78. The lowest BCUT2D eigenvalue weighted by Crippen LogP contribution is -2.67. The molecule has 32 heavy (non-hydrogen) atoms. The van der Waals surface area contributed by atoms with Gasteiger partial charge in [-0.1, -0.05) is 94.4 Å². The number of hydrogen-bond acceptors (Lipinski definition) is 4. The highest BCUT2D eigenvalue weighted by Gasteiger charge is 2.51. The third-order valence-corrected chi connectivity index (χ3v) is 11.4. The van der Waals surface area contributed by atoms with Crippen molar-refractivity contribution < 1.29 is 19.1 Å². The van der Waals surface area contributed by atoms with Gasteiger partial charge >= 0.3 is 5.97 Å². The molecule has 0 fully saturated rings. The van der Waals surface area contributed by atoms with Gasteiger partial charge in [0.25, 0.3) is 8.32 Å². The Morgan fingerprint density at radius 3 is 1.88 bits per heavy atom. The molecule has 0 saturated heterocycles. The first-order valence-corrected chi connectivity index (χ1v) is 13.1. The van der Waals surface area contributed by atoms with E-state index in [1.807, 2.05) is 43.3 Å². The highest BCUT2D eigenvalue weighted by Crippen LogP contribution is 2.38. The van der Waals surface area contributed by atoms with E-state index in [1.54, 1.807) is 13.0 Å². The molecule has 2 aromatic carbocycles. The Kier molecular flexibility index (Phi) is 8.63. The van der Waals surface area contributed by atoms with Gasteiger partial charge < -0.3 is 14.3 Å². The predicted molar refractivity (Wildman–Crippen MR) is 134 cm³/mol. The van der Waals surface area contributed by atoms with Gasteiger partial charge in [-0.2, -0.15) is 0 Å². The maximum atomic E-state index is 12.5. The number of aliphatic hydroxyl groups is 1. The van der Waals surface area contributed by atoms with E-state index in [-0.39, 0.29) is 11.0 Å². The van der Waals surface area contributed by atoms with E-state index < -0.39 is 25.8 Å². The summed E-state index contributed by atoms with van der Waals surface area (Å²) in [6, 6.07) is 20.8. The van der Waals surface area contributed by atoms with Gasteiger partial charge in [0.2, 0.25) is 0 Å². The zero-order valence-corrected chi connectivity index (χ0v) is 21.3. The quantitative estimate of drug-likeness (QED) is 0.330. The lowest BCUT2D eigenvalue weighted by molar-refractivity contribution is -0.161. The largest absolute Gasteiger partial charge is 0.469 e. The zero-order chi connectivity index (χ0) is 24.0. The number of methoxy groups -OCH3 is 1. The van der Waals surface area contributed by atoms with Gasteiger partial charge in [-0.25, -0.2) is 0 Å². The van der Waals surface area contributed by atoms with Crippen molar-refractivity contribution in [1.29, 1.82) is 0 Å². The summed E-state index contributed by atoms with van der Waals surface area (Å²) in [5.74, 6) is -0.733. The fraction of sp³-hybridized carbons (Fsp3) is 0.444. The summed E-state index contributed by atoms with van der Waals surface area (Å²) < 4.78 is 11.9. The molecule has 0 aromatic heterocycles. The lowest BCUT2D eigenvalue weighted by Gasteiger charge is -2.44. The molecule has 2 rings (SSSR count). The predicted octanol–water partition coefficient (Wildman–Crippen LogP) is 4.32. The molecule has 2 aromatic rings. The maximum Gasteiger partial charge on any atom is 0.314 e. The van der Waals surface area contributed by atoms with Gasteiger partial charge in [0.05, 0.1) is 18.6 Å². The van der Waals surface area contributed by atoms with E-state index >= 15 is 0 Å². The number of ether oxygens (including phenoxy) is 1. The van der Waals surface area contributed by atoms with Gasteiger partial charge in [0.1, 0.15) is 0 Å². The van der Waals surface area contributed by atoms with Gasteiger partial charge in [-0.05, 0) is 28.8 Å². The molecule has 0 aliphatic heterocycles. The molecule has 0 bridgehead atoms. The number of benzene rings is 2. The number of esters is 1. The minimum absolute atomic E-state index is 0.160. The first-order valence-electron chi connectivity index (χ1n) is 11.2. The summed E-state index contributed by atoms with van der Waals surface area (Å²) in [6.07, 6.45) is 1.03. The molecule has 0 aliphatic rings. The number of aliphatic hydroxyl groups excluding tert-OH is 1. The van der Waals surface area contributed by atoms with E-state index in [2.05, 4.69) is 51.6 Å². The molecular weight excluding hydrogens is 416 g/mol. The molecular formula is C27H38O4Si. The van der Waals surface area contributed by atoms with Crippen LogP contribution in [0.5, 0.6) is 0 Å². The third-order valence-electron chi connectivity index (χ3n) is 6.39. The second-order valence-electron chi connectivity index (χ2n) is 9.80. The summed E-state index contributed by atoms with van der Waals surface area (Å²) in [5.41, 5.74) is -1.08. The molecule has 0 aliphatic carbocycles. The van der Waals surface area contributed by atoms with Crippen LogP contribution in [0.3, 0.4) is 0 Å². The molecule has 0 unspecified atom stereocenters. The fourth-order valence-corrected chi connectivity index (χ4v) is 9.26. The van der Waals surface area contributed by atoms with Gasteiger partial charge in [-0.3, -0.25) is 4.79 Å². The summed E-state index contributed by atoms with van der Waals surface area (Å²) >= 11 is 0. The highest BCUT2D eigenvalue weighted by atomic mass is 28.4. The normalized spacial score (nSPS) is 16.0. The van der Waals surface area contributed by atoms with Crippen LogP contribution in [0.1, 0.15) is 41.0 Å².